The van der Waals surface area contributed by atoms with Gasteiger partial charge in [-0.05, 0) is 29.7 Å². The van der Waals surface area contributed by atoms with Crippen LogP contribution in [0, 0.1) is 0 Å². The van der Waals surface area contributed by atoms with Gasteiger partial charge in [-0.15, -0.1) is 0 Å². The number of anilines is 1. The van der Waals surface area contributed by atoms with E-state index in [1.807, 2.05) is 54.6 Å². The number of carbonyl (C=O) groups is 1. The molecule has 0 radical (unpaired) electrons. The second-order valence-corrected chi connectivity index (χ2v) is 6.56. The van der Waals surface area contributed by atoms with Crippen molar-refractivity contribution < 1.29 is 19.7 Å². The van der Waals surface area contributed by atoms with Gasteiger partial charge in [-0.2, -0.15) is 0 Å². The SMILES string of the molecule is CCCCO[C@@H]1CN(c2ccc(-c3ccccc3)cc2)C(=O)[C@H](O)[C@@H]1O. The number of carbonyl (C=O) groups excluding carboxylic acids is 1. The molecule has 1 saturated heterocycles. The molecule has 1 fully saturated rings. The van der Waals surface area contributed by atoms with Crippen molar-refractivity contribution in [2.45, 2.75) is 38.1 Å². The van der Waals surface area contributed by atoms with Crippen LogP contribution in [0.4, 0.5) is 5.69 Å². The first-order chi connectivity index (χ1) is 12.6. The summed E-state index contributed by atoms with van der Waals surface area (Å²) in [6.07, 6.45) is -1.40. The summed E-state index contributed by atoms with van der Waals surface area (Å²) in [5.74, 6) is -0.500. The van der Waals surface area contributed by atoms with E-state index in [-0.39, 0.29) is 6.54 Å². The Balaban J connectivity index is 1.77. The van der Waals surface area contributed by atoms with Gasteiger partial charge >= 0.3 is 0 Å². The standard InChI is InChI=1S/C21H25NO4/c1-2-3-13-26-18-14-22(21(25)20(24)19(18)23)17-11-9-16(10-12-17)15-7-5-4-6-8-15/h4-12,18-20,23-24H,2-3,13-14H2,1H3/t18-,19-,20-/m1/s1. The lowest BCUT2D eigenvalue weighted by molar-refractivity contribution is -0.148. The van der Waals surface area contributed by atoms with Crippen molar-refractivity contribution in [3.63, 3.8) is 0 Å². The van der Waals surface area contributed by atoms with Crippen molar-refractivity contribution in [2.24, 2.45) is 0 Å². The fourth-order valence-electron chi connectivity index (χ4n) is 3.11. The zero-order chi connectivity index (χ0) is 18.5. The Morgan fingerprint density at radius 3 is 2.35 bits per heavy atom. The zero-order valence-corrected chi connectivity index (χ0v) is 14.9. The summed E-state index contributed by atoms with van der Waals surface area (Å²) >= 11 is 0. The zero-order valence-electron chi connectivity index (χ0n) is 14.9. The highest BCUT2D eigenvalue weighted by Crippen LogP contribution is 2.27. The third-order valence-corrected chi connectivity index (χ3v) is 4.70. The van der Waals surface area contributed by atoms with E-state index in [1.54, 1.807) is 0 Å². The van der Waals surface area contributed by atoms with E-state index in [9.17, 15) is 15.0 Å². The van der Waals surface area contributed by atoms with Crippen molar-refractivity contribution in [1.82, 2.24) is 0 Å². The highest BCUT2D eigenvalue weighted by Gasteiger charge is 2.42. The Kier molecular flexibility index (Phi) is 6.04. The minimum atomic E-state index is -1.47. The predicted octanol–water partition coefficient (Wildman–Crippen LogP) is 2.61. The maximum absolute atomic E-state index is 12.4. The molecule has 2 aromatic carbocycles. The van der Waals surface area contributed by atoms with Crippen molar-refractivity contribution in [2.75, 3.05) is 18.1 Å². The van der Waals surface area contributed by atoms with Crippen LogP contribution >= 0.6 is 0 Å². The number of unbranched alkanes of at least 4 members (excludes halogenated alkanes) is 1. The lowest BCUT2D eigenvalue weighted by Crippen LogP contribution is -2.60. The van der Waals surface area contributed by atoms with Crippen molar-refractivity contribution in [3.05, 3.63) is 54.6 Å². The van der Waals surface area contributed by atoms with Crippen LogP contribution in [0.15, 0.2) is 54.6 Å². The molecule has 1 aliphatic heterocycles. The van der Waals surface area contributed by atoms with Crippen LogP contribution in [0.3, 0.4) is 0 Å². The van der Waals surface area contributed by atoms with E-state index in [0.29, 0.717) is 12.3 Å². The summed E-state index contributed by atoms with van der Waals surface area (Å²) in [6, 6.07) is 17.6. The molecule has 0 spiro atoms. The predicted molar refractivity (Wildman–Crippen MR) is 101 cm³/mol. The fraction of sp³-hybridized carbons (Fsp3) is 0.381. The van der Waals surface area contributed by atoms with Crippen LogP contribution in [-0.4, -0.2) is 47.6 Å². The van der Waals surface area contributed by atoms with E-state index in [2.05, 4.69) is 6.92 Å². The van der Waals surface area contributed by atoms with Crippen molar-refractivity contribution in [1.29, 1.82) is 0 Å². The molecular weight excluding hydrogens is 330 g/mol. The Labute approximate surface area is 153 Å². The van der Waals surface area contributed by atoms with Gasteiger partial charge in [0.25, 0.3) is 5.91 Å². The van der Waals surface area contributed by atoms with Gasteiger partial charge in [0.05, 0.1) is 6.54 Å². The molecule has 0 aromatic heterocycles. The highest BCUT2D eigenvalue weighted by atomic mass is 16.5. The minimum Gasteiger partial charge on any atom is -0.387 e. The maximum atomic E-state index is 12.4. The van der Waals surface area contributed by atoms with Crippen molar-refractivity contribution in [3.8, 4) is 11.1 Å². The van der Waals surface area contributed by atoms with E-state index in [1.165, 1.54) is 4.90 Å². The van der Waals surface area contributed by atoms with Gasteiger partial charge in [0, 0.05) is 12.3 Å². The van der Waals surface area contributed by atoms with Gasteiger partial charge in [0.2, 0.25) is 0 Å². The molecule has 2 N–H and O–H groups in total. The van der Waals surface area contributed by atoms with Crippen LogP contribution in [0.25, 0.3) is 11.1 Å². The van der Waals surface area contributed by atoms with Gasteiger partial charge in [0.15, 0.2) is 6.10 Å². The summed E-state index contributed by atoms with van der Waals surface area (Å²) in [5.41, 5.74) is 2.83. The molecule has 5 heteroatoms. The smallest absolute Gasteiger partial charge is 0.258 e. The minimum absolute atomic E-state index is 0.228. The molecule has 26 heavy (non-hydrogen) atoms. The quantitative estimate of drug-likeness (QED) is 0.782. The third kappa shape index (κ3) is 3.96. The monoisotopic (exact) mass is 355 g/mol. The number of piperidine rings is 1. The number of aliphatic hydroxyl groups is 2. The number of benzene rings is 2. The van der Waals surface area contributed by atoms with E-state index in [0.717, 1.165) is 24.0 Å². The Bertz CT molecular complexity index is 717. The lowest BCUT2D eigenvalue weighted by Gasteiger charge is -2.38. The van der Waals surface area contributed by atoms with Crippen LogP contribution in [0.2, 0.25) is 0 Å². The number of aliphatic hydroxyl groups excluding tert-OH is 2. The van der Waals surface area contributed by atoms with E-state index >= 15 is 0 Å². The molecule has 5 nitrogen and oxygen atoms in total. The molecule has 0 aliphatic carbocycles. The molecule has 0 saturated carbocycles. The van der Waals surface area contributed by atoms with Crippen LogP contribution in [0.5, 0.6) is 0 Å². The number of rotatable bonds is 6. The first-order valence-electron chi connectivity index (χ1n) is 9.06. The number of hydrogen-bond acceptors (Lipinski definition) is 4. The Hall–Kier alpha value is -2.21. The second kappa shape index (κ2) is 8.45. The molecule has 3 atom stereocenters. The summed E-state index contributed by atoms with van der Waals surface area (Å²) in [6.45, 7) is 2.78. The molecule has 1 heterocycles. The fourth-order valence-corrected chi connectivity index (χ4v) is 3.11. The third-order valence-electron chi connectivity index (χ3n) is 4.70. The number of nitrogens with zero attached hydrogens (tertiary/aromatic N) is 1. The number of amides is 1. The van der Waals surface area contributed by atoms with Gasteiger partial charge in [-0.1, -0.05) is 55.8 Å². The molecule has 1 aliphatic rings. The van der Waals surface area contributed by atoms with E-state index in [4.69, 9.17) is 4.74 Å². The molecule has 138 valence electrons. The lowest BCUT2D eigenvalue weighted by atomic mass is 9.99. The van der Waals surface area contributed by atoms with E-state index < -0.39 is 24.2 Å². The molecular formula is C21H25NO4. The number of ether oxygens (including phenoxy) is 1. The average molecular weight is 355 g/mol. The van der Waals surface area contributed by atoms with Crippen LogP contribution in [-0.2, 0) is 9.53 Å². The summed E-state index contributed by atoms with van der Waals surface area (Å²) < 4.78 is 5.70. The van der Waals surface area contributed by atoms with Crippen LogP contribution < -0.4 is 4.90 Å². The molecule has 0 unspecified atom stereocenters. The normalized spacial score (nSPS) is 23.3. The molecule has 1 amide bonds. The molecule has 0 bridgehead atoms. The van der Waals surface area contributed by atoms with Crippen LogP contribution in [0.1, 0.15) is 19.8 Å². The Morgan fingerprint density at radius 1 is 1.04 bits per heavy atom. The number of hydrogen-bond donors (Lipinski definition) is 2. The maximum Gasteiger partial charge on any atom is 0.258 e. The average Bonchev–Trinajstić information content (AvgIpc) is 2.69. The van der Waals surface area contributed by atoms with Gasteiger partial charge in [0.1, 0.15) is 12.2 Å². The summed E-state index contributed by atoms with van der Waals surface area (Å²) in [5, 5.41) is 20.3. The van der Waals surface area contributed by atoms with Gasteiger partial charge in [-0.3, -0.25) is 4.79 Å². The van der Waals surface area contributed by atoms with Gasteiger partial charge in [-0.25, -0.2) is 0 Å². The summed E-state index contributed by atoms with van der Waals surface area (Å²) in [7, 11) is 0. The topological polar surface area (TPSA) is 70.0 Å². The Morgan fingerprint density at radius 2 is 1.69 bits per heavy atom. The first-order valence-corrected chi connectivity index (χ1v) is 9.06. The first kappa shape index (κ1) is 18.6. The largest absolute Gasteiger partial charge is 0.387 e. The second-order valence-electron chi connectivity index (χ2n) is 6.56. The molecule has 3 rings (SSSR count). The summed E-state index contributed by atoms with van der Waals surface area (Å²) in [4.78, 5) is 13.9. The molecule has 2 aromatic rings. The van der Waals surface area contributed by atoms with Crippen molar-refractivity contribution >= 4 is 11.6 Å². The highest BCUT2D eigenvalue weighted by molar-refractivity contribution is 5.98. The van der Waals surface area contributed by atoms with Gasteiger partial charge < -0.3 is 19.8 Å².